The number of piperidine rings is 1. The highest BCUT2D eigenvalue weighted by Crippen LogP contribution is 2.41. The van der Waals surface area contributed by atoms with Crippen LogP contribution in [0, 0.1) is 0 Å². The second-order valence-electron chi connectivity index (χ2n) is 7.06. The molecule has 1 fully saturated rings. The maximum Gasteiger partial charge on any atom is 0.128 e. The van der Waals surface area contributed by atoms with Crippen LogP contribution in [0.4, 0.5) is 0 Å². The summed E-state index contributed by atoms with van der Waals surface area (Å²) in [5.41, 5.74) is 5.23. The molecule has 1 aliphatic rings. The first-order valence-electron chi connectivity index (χ1n) is 9.51. The summed E-state index contributed by atoms with van der Waals surface area (Å²) in [4.78, 5) is 2.45. The van der Waals surface area contributed by atoms with Gasteiger partial charge in [0.1, 0.15) is 5.75 Å². The maximum atomic E-state index is 11.2. The van der Waals surface area contributed by atoms with Gasteiger partial charge in [0, 0.05) is 17.7 Å². The van der Waals surface area contributed by atoms with Crippen LogP contribution in [0.3, 0.4) is 0 Å². The largest absolute Gasteiger partial charge is 0.507 e. The minimum atomic E-state index is 0.420. The molecule has 1 saturated heterocycles. The number of nitrogens with zero attached hydrogens (tertiary/aromatic N) is 1. The summed E-state index contributed by atoms with van der Waals surface area (Å²) in [5.74, 6) is 0.420. The fourth-order valence-electron chi connectivity index (χ4n) is 3.88. The predicted molar refractivity (Wildman–Crippen MR) is 108 cm³/mol. The summed E-state index contributed by atoms with van der Waals surface area (Å²) in [6.45, 7) is 3.07. The molecule has 1 heterocycles. The molecule has 26 heavy (non-hydrogen) atoms. The lowest BCUT2D eigenvalue weighted by atomic mass is 9.91. The van der Waals surface area contributed by atoms with Crippen LogP contribution in [0.2, 0.25) is 0 Å². The monoisotopic (exact) mass is 343 g/mol. The molecule has 4 rings (SSSR count). The molecule has 0 saturated carbocycles. The van der Waals surface area contributed by atoms with Gasteiger partial charge in [0.25, 0.3) is 0 Å². The van der Waals surface area contributed by atoms with Gasteiger partial charge in [-0.2, -0.15) is 0 Å². The third-order valence-corrected chi connectivity index (χ3v) is 5.25. The normalized spacial score (nSPS) is 15.1. The van der Waals surface area contributed by atoms with Crippen LogP contribution in [-0.4, -0.2) is 23.1 Å². The van der Waals surface area contributed by atoms with Gasteiger partial charge in [-0.05, 0) is 42.6 Å². The van der Waals surface area contributed by atoms with Gasteiger partial charge in [-0.3, -0.25) is 4.90 Å². The van der Waals surface area contributed by atoms with Crippen molar-refractivity contribution in [1.29, 1.82) is 0 Å². The zero-order valence-electron chi connectivity index (χ0n) is 15.1. The summed E-state index contributed by atoms with van der Waals surface area (Å²) in [5, 5.41) is 11.2. The fourth-order valence-corrected chi connectivity index (χ4v) is 3.88. The Kier molecular flexibility index (Phi) is 5.03. The molecule has 3 aromatic rings. The predicted octanol–water partition coefficient (Wildman–Crippen LogP) is 5.71. The van der Waals surface area contributed by atoms with Gasteiger partial charge in [-0.15, -0.1) is 0 Å². The van der Waals surface area contributed by atoms with Gasteiger partial charge < -0.3 is 5.11 Å². The molecule has 0 bridgehead atoms. The molecule has 2 heteroatoms. The Balaban J connectivity index is 1.79. The molecule has 3 aromatic carbocycles. The molecule has 0 aromatic heterocycles. The van der Waals surface area contributed by atoms with Gasteiger partial charge in [0.05, 0.1) is 0 Å². The van der Waals surface area contributed by atoms with Gasteiger partial charge in [-0.1, -0.05) is 79.2 Å². The molecular formula is C24H25NO. The van der Waals surface area contributed by atoms with E-state index in [1.807, 2.05) is 36.4 Å². The third kappa shape index (κ3) is 3.51. The molecule has 2 nitrogen and oxygen atoms in total. The van der Waals surface area contributed by atoms with E-state index in [9.17, 15) is 5.11 Å². The lowest BCUT2D eigenvalue weighted by Crippen LogP contribution is -2.29. The Morgan fingerprint density at radius 1 is 0.692 bits per heavy atom. The number of hydrogen-bond acceptors (Lipinski definition) is 2. The molecule has 0 radical (unpaired) electrons. The number of phenols is 1. The lowest BCUT2D eigenvalue weighted by Gasteiger charge is -2.27. The first-order chi connectivity index (χ1) is 12.8. The standard InChI is InChI=1S/C24H25NO/c26-24-21(18-25-16-8-3-9-17-25)14-15-22(19-10-4-1-5-11-19)23(24)20-12-6-2-7-13-20/h1-2,4-7,10-15,26H,3,8-9,16-18H2. The minimum Gasteiger partial charge on any atom is -0.507 e. The smallest absolute Gasteiger partial charge is 0.128 e. The zero-order valence-corrected chi connectivity index (χ0v) is 15.1. The van der Waals surface area contributed by atoms with Crippen molar-refractivity contribution in [3.05, 3.63) is 78.4 Å². The number of phenolic OH excluding ortho intramolecular Hbond substituents is 1. The Hall–Kier alpha value is -2.58. The van der Waals surface area contributed by atoms with Crippen LogP contribution in [0.25, 0.3) is 22.3 Å². The van der Waals surface area contributed by atoms with Crippen molar-refractivity contribution in [3.8, 4) is 28.0 Å². The Morgan fingerprint density at radius 3 is 1.96 bits per heavy atom. The van der Waals surface area contributed by atoms with Gasteiger partial charge >= 0.3 is 0 Å². The molecule has 1 aliphatic heterocycles. The SMILES string of the molecule is Oc1c(CN2CCCCC2)ccc(-c2ccccc2)c1-c1ccccc1. The van der Waals surface area contributed by atoms with Crippen LogP contribution < -0.4 is 0 Å². The average Bonchev–Trinajstić information content (AvgIpc) is 2.71. The number of benzene rings is 3. The highest BCUT2D eigenvalue weighted by atomic mass is 16.3. The zero-order chi connectivity index (χ0) is 17.8. The fraction of sp³-hybridized carbons (Fsp3) is 0.250. The highest BCUT2D eigenvalue weighted by Gasteiger charge is 2.18. The molecular weight excluding hydrogens is 318 g/mol. The van der Waals surface area contributed by atoms with Crippen molar-refractivity contribution in [2.24, 2.45) is 0 Å². The molecule has 0 unspecified atom stereocenters. The summed E-state index contributed by atoms with van der Waals surface area (Å²) in [7, 11) is 0. The van der Waals surface area contributed by atoms with Gasteiger partial charge in [0.15, 0.2) is 0 Å². The Bertz CT molecular complexity index is 852. The molecule has 0 spiro atoms. The van der Waals surface area contributed by atoms with E-state index >= 15 is 0 Å². The second kappa shape index (κ2) is 7.76. The van der Waals surface area contributed by atoms with Crippen molar-refractivity contribution in [2.75, 3.05) is 13.1 Å². The Morgan fingerprint density at radius 2 is 1.31 bits per heavy atom. The quantitative estimate of drug-likeness (QED) is 0.655. The van der Waals surface area contributed by atoms with E-state index in [1.165, 1.54) is 19.3 Å². The summed E-state index contributed by atoms with van der Waals surface area (Å²) < 4.78 is 0. The Labute approximate surface area is 155 Å². The van der Waals surface area contributed by atoms with Crippen molar-refractivity contribution in [1.82, 2.24) is 4.90 Å². The lowest BCUT2D eigenvalue weighted by molar-refractivity contribution is 0.218. The number of aromatic hydroxyl groups is 1. The van der Waals surface area contributed by atoms with E-state index in [4.69, 9.17) is 0 Å². The highest BCUT2D eigenvalue weighted by molar-refractivity contribution is 5.88. The van der Waals surface area contributed by atoms with Crippen LogP contribution in [-0.2, 0) is 6.54 Å². The molecule has 0 amide bonds. The molecule has 1 N–H and O–H groups in total. The second-order valence-corrected chi connectivity index (χ2v) is 7.06. The molecule has 0 aliphatic carbocycles. The van der Waals surface area contributed by atoms with Crippen molar-refractivity contribution < 1.29 is 5.11 Å². The van der Waals surface area contributed by atoms with E-state index in [1.54, 1.807) is 0 Å². The van der Waals surface area contributed by atoms with Crippen LogP contribution in [0.5, 0.6) is 5.75 Å². The van der Waals surface area contributed by atoms with Crippen LogP contribution in [0.1, 0.15) is 24.8 Å². The van der Waals surface area contributed by atoms with Crippen molar-refractivity contribution in [2.45, 2.75) is 25.8 Å². The first-order valence-corrected chi connectivity index (χ1v) is 9.51. The van der Waals surface area contributed by atoms with Gasteiger partial charge in [0.2, 0.25) is 0 Å². The minimum absolute atomic E-state index is 0.420. The maximum absolute atomic E-state index is 11.2. The van der Waals surface area contributed by atoms with Gasteiger partial charge in [-0.25, -0.2) is 0 Å². The van der Waals surface area contributed by atoms with E-state index < -0.39 is 0 Å². The number of hydrogen-bond donors (Lipinski definition) is 1. The van der Waals surface area contributed by atoms with Crippen LogP contribution >= 0.6 is 0 Å². The number of rotatable bonds is 4. The van der Waals surface area contributed by atoms with E-state index in [2.05, 4.69) is 41.3 Å². The molecule has 132 valence electrons. The number of likely N-dealkylation sites (tertiary alicyclic amines) is 1. The van der Waals surface area contributed by atoms with Crippen molar-refractivity contribution >= 4 is 0 Å². The van der Waals surface area contributed by atoms with E-state index in [0.29, 0.717) is 5.75 Å². The van der Waals surface area contributed by atoms with Crippen molar-refractivity contribution in [3.63, 3.8) is 0 Å². The topological polar surface area (TPSA) is 23.5 Å². The first kappa shape index (κ1) is 16.9. The summed E-state index contributed by atoms with van der Waals surface area (Å²) in [6, 6.07) is 24.8. The molecule has 0 atom stereocenters. The van der Waals surface area contributed by atoms with E-state index in [0.717, 1.165) is 47.5 Å². The van der Waals surface area contributed by atoms with Crippen LogP contribution in [0.15, 0.2) is 72.8 Å². The van der Waals surface area contributed by atoms with E-state index in [-0.39, 0.29) is 0 Å². The third-order valence-electron chi connectivity index (χ3n) is 5.25. The average molecular weight is 343 g/mol. The summed E-state index contributed by atoms with van der Waals surface area (Å²) in [6.07, 6.45) is 3.84. The summed E-state index contributed by atoms with van der Waals surface area (Å²) >= 11 is 0.